The summed E-state index contributed by atoms with van der Waals surface area (Å²) in [5.41, 5.74) is 3.69. The summed E-state index contributed by atoms with van der Waals surface area (Å²) in [4.78, 5) is 27.9. The molecule has 0 bridgehead atoms. The van der Waals surface area contributed by atoms with Gasteiger partial charge in [-0.3, -0.25) is 9.59 Å². The molecule has 0 unspecified atom stereocenters. The molecule has 2 aromatic carbocycles. The fourth-order valence-corrected chi connectivity index (χ4v) is 3.17. The smallest absolute Gasteiger partial charge is 0.285 e. The second-order valence-electron chi connectivity index (χ2n) is 6.30. The van der Waals surface area contributed by atoms with Crippen LogP contribution in [0.4, 0.5) is 0 Å². The molecule has 0 fully saturated rings. The molecule has 0 saturated carbocycles. The summed E-state index contributed by atoms with van der Waals surface area (Å²) in [6.45, 7) is 1.54. The number of carbonyl (C=O) groups is 1. The Hall–Kier alpha value is -3.73. The van der Waals surface area contributed by atoms with Gasteiger partial charge < -0.3 is 5.21 Å². The zero-order valence-corrected chi connectivity index (χ0v) is 14.6. The first-order chi connectivity index (χ1) is 13.0. The van der Waals surface area contributed by atoms with Gasteiger partial charge in [-0.25, -0.2) is 4.98 Å². The molecule has 1 N–H and O–H groups in total. The van der Waals surface area contributed by atoms with Gasteiger partial charge in [-0.2, -0.15) is 0 Å². The normalized spacial score (nSPS) is 10.9. The number of pyridine rings is 2. The summed E-state index contributed by atoms with van der Waals surface area (Å²) in [6, 6.07) is 20.1. The fraction of sp³-hybridized carbons (Fsp3) is 0.0455. The van der Waals surface area contributed by atoms with E-state index in [2.05, 4.69) is 4.98 Å². The van der Waals surface area contributed by atoms with Gasteiger partial charge in [-0.15, -0.1) is 4.73 Å². The monoisotopic (exact) mass is 356 g/mol. The van der Waals surface area contributed by atoms with Crippen molar-refractivity contribution < 1.29 is 10.0 Å². The van der Waals surface area contributed by atoms with Crippen LogP contribution >= 0.6 is 0 Å². The van der Waals surface area contributed by atoms with Crippen molar-refractivity contribution in [1.82, 2.24) is 9.71 Å². The number of benzene rings is 2. The maximum Gasteiger partial charge on any atom is 0.285 e. The molecule has 2 heterocycles. The van der Waals surface area contributed by atoms with E-state index in [0.29, 0.717) is 21.2 Å². The highest BCUT2D eigenvalue weighted by molar-refractivity contribution is 5.96. The number of nitrogens with zero attached hydrogens (tertiary/aromatic N) is 2. The van der Waals surface area contributed by atoms with Crippen LogP contribution in [0.5, 0.6) is 0 Å². The summed E-state index contributed by atoms with van der Waals surface area (Å²) in [6.07, 6.45) is 1.53. The van der Waals surface area contributed by atoms with Crippen LogP contribution in [0.3, 0.4) is 0 Å². The van der Waals surface area contributed by atoms with E-state index in [1.54, 1.807) is 19.1 Å². The number of fused-ring (bicyclic) bond motifs is 1. The third-order valence-electron chi connectivity index (χ3n) is 4.53. The van der Waals surface area contributed by atoms with Crippen LogP contribution in [0.1, 0.15) is 17.3 Å². The van der Waals surface area contributed by atoms with Gasteiger partial charge in [0.05, 0.1) is 0 Å². The van der Waals surface area contributed by atoms with E-state index in [1.807, 2.05) is 48.5 Å². The number of ketones is 1. The van der Waals surface area contributed by atoms with Crippen LogP contribution < -0.4 is 5.56 Å². The first kappa shape index (κ1) is 16.7. The number of hydrogen-bond acceptors (Lipinski definition) is 4. The van der Waals surface area contributed by atoms with Gasteiger partial charge in [0.15, 0.2) is 11.4 Å². The van der Waals surface area contributed by atoms with Crippen LogP contribution in [0.25, 0.3) is 33.3 Å². The standard InChI is InChI=1S/C22H16N2O3/c1-14(25)15-5-2-6-16(11-15)17-7-3-8-18(12-17)20-13-21(26)24(27)22-19(20)9-4-10-23-22/h2-13,27H,1H3. The average molecular weight is 356 g/mol. The molecule has 0 aliphatic carbocycles. The lowest BCUT2D eigenvalue weighted by molar-refractivity contribution is 0.101. The molecule has 4 rings (SSSR count). The van der Waals surface area contributed by atoms with Crippen molar-refractivity contribution in [2.24, 2.45) is 0 Å². The molecule has 0 spiro atoms. The minimum Gasteiger partial charge on any atom is -0.423 e. The number of rotatable bonds is 3. The third kappa shape index (κ3) is 3.00. The van der Waals surface area contributed by atoms with Crippen LogP contribution in [0.2, 0.25) is 0 Å². The molecule has 0 saturated heterocycles. The van der Waals surface area contributed by atoms with Crippen molar-refractivity contribution in [3.05, 3.63) is 88.8 Å². The highest BCUT2D eigenvalue weighted by atomic mass is 16.5. The molecule has 0 aliphatic rings. The third-order valence-corrected chi connectivity index (χ3v) is 4.53. The Kier molecular flexibility index (Phi) is 4.05. The summed E-state index contributed by atoms with van der Waals surface area (Å²) >= 11 is 0. The lowest BCUT2D eigenvalue weighted by Gasteiger charge is -2.10. The minimum atomic E-state index is -0.541. The number of carbonyl (C=O) groups excluding carboxylic acids is 1. The predicted octanol–water partition coefficient (Wildman–Crippen LogP) is 4.17. The van der Waals surface area contributed by atoms with E-state index in [-0.39, 0.29) is 11.4 Å². The zero-order chi connectivity index (χ0) is 19.0. The molecule has 5 heteroatoms. The van der Waals surface area contributed by atoms with Crippen molar-refractivity contribution in [3.8, 4) is 22.3 Å². The van der Waals surface area contributed by atoms with Crippen molar-refractivity contribution in [1.29, 1.82) is 0 Å². The minimum absolute atomic E-state index is 0.0108. The van der Waals surface area contributed by atoms with E-state index in [4.69, 9.17) is 0 Å². The Bertz CT molecular complexity index is 1240. The molecule has 2 aromatic heterocycles. The van der Waals surface area contributed by atoms with Gasteiger partial charge in [0, 0.05) is 23.2 Å². The number of aromatic nitrogens is 2. The summed E-state index contributed by atoms with van der Waals surface area (Å²) < 4.78 is 0.555. The molecule has 0 atom stereocenters. The molecule has 27 heavy (non-hydrogen) atoms. The van der Waals surface area contributed by atoms with Crippen molar-refractivity contribution in [2.45, 2.75) is 6.92 Å². The number of Topliss-reactive ketones (excluding diaryl/α,β-unsaturated/α-hetero) is 1. The van der Waals surface area contributed by atoms with E-state index in [1.165, 1.54) is 12.3 Å². The van der Waals surface area contributed by atoms with Gasteiger partial charge in [0.25, 0.3) is 5.56 Å². The second-order valence-corrected chi connectivity index (χ2v) is 6.30. The summed E-state index contributed by atoms with van der Waals surface area (Å²) in [7, 11) is 0. The lowest BCUT2D eigenvalue weighted by Crippen LogP contribution is -2.18. The predicted molar refractivity (Wildman–Crippen MR) is 104 cm³/mol. The molecule has 132 valence electrons. The maximum absolute atomic E-state index is 12.1. The van der Waals surface area contributed by atoms with Crippen LogP contribution in [0, 0.1) is 0 Å². The molecule has 5 nitrogen and oxygen atoms in total. The molecule has 0 radical (unpaired) electrons. The lowest BCUT2D eigenvalue weighted by atomic mass is 9.96. The van der Waals surface area contributed by atoms with Crippen molar-refractivity contribution in [3.63, 3.8) is 0 Å². The Morgan fingerprint density at radius 3 is 2.41 bits per heavy atom. The maximum atomic E-state index is 12.1. The van der Waals surface area contributed by atoms with Crippen LogP contribution in [0.15, 0.2) is 77.7 Å². The van der Waals surface area contributed by atoms with Gasteiger partial charge in [-0.1, -0.05) is 36.4 Å². The van der Waals surface area contributed by atoms with E-state index in [9.17, 15) is 14.8 Å². The van der Waals surface area contributed by atoms with E-state index < -0.39 is 5.56 Å². The summed E-state index contributed by atoms with van der Waals surface area (Å²) in [5, 5.41) is 10.6. The first-order valence-electron chi connectivity index (χ1n) is 8.46. The largest absolute Gasteiger partial charge is 0.423 e. The van der Waals surface area contributed by atoms with Gasteiger partial charge in [0.2, 0.25) is 0 Å². The van der Waals surface area contributed by atoms with Crippen molar-refractivity contribution >= 4 is 16.8 Å². The Balaban J connectivity index is 1.91. The Labute approximate surface area is 155 Å². The van der Waals surface area contributed by atoms with Gasteiger partial charge >= 0.3 is 0 Å². The van der Waals surface area contributed by atoms with Crippen molar-refractivity contribution in [2.75, 3.05) is 0 Å². The number of hydrogen-bond donors (Lipinski definition) is 1. The SMILES string of the molecule is CC(=O)c1cccc(-c2cccc(-c3cc(=O)n(O)c4ncccc34)c2)c1. The molecule has 0 aliphatic heterocycles. The van der Waals surface area contributed by atoms with Crippen LogP contribution in [-0.2, 0) is 0 Å². The average Bonchev–Trinajstić information content (AvgIpc) is 2.71. The molecule has 0 amide bonds. The van der Waals surface area contributed by atoms with E-state index in [0.717, 1.165) is 16.7 Å². The fourth-order valence-electron chi connectivity index (χ4n) is 3.17. The zero-order valence-electron chi connectivity index (χ0n) is 14.6. The summed E-state index contributed by atoms with van der Waals surface area (Å²) in [5.74, 6) is 0.0108. The second kappa shape index (κ2) is 6.53. The first-order valence-corrected chi connectivity index (χ1v) is 8.46. The Morgan fingerprint density at radius 2 is 1.63 bits per heavy atom. The molecule has 4 aromatic rings. The van der Waals surface area contributed by atoms with Crippen LogP contribution in [-0.4, -0.2) is 20.7 Å². The van der Waals surface area contributed by atoms with E-state index >= 15 is 0 Å². The molecular formula is C22H16N2O3. The van der Waals surface area contributed by atoms with Gasteiger partial charge in [-0.05, 0) is 53.4 Å². The highest BCUT2D eigenvalue weighted by Gasteiger charge is 2.12. The Morgan fingerprint density at radius 1 is 0.926 bits per heavy atom. The quantitative estimate of drug-likeness (QED) is 0.442. The highest BCUT2D eigenvalue weighted by Crippen LogP contribution is 2.30. The van der Waals surface area contributed by atoms with Gasteiger partial charge in [0.1, 0.15) is 0 Å². The topological polar surface area (TPSA) is 72.2 Å². The molecular weight excluding hydrogens is 340 g/mol.